The lowest BCUT2D eigenvalue weighted by Gasteiger charge is -2.35. The van der Waals surface area contributed by atoms with E-state index in [0.717, 1.165) is 24.2 Å². The molecule has 9 heteroatoms. The molecule has 1 aromatic rings. The molecule has 118 valence electrons. The van der Waals surface area contributed by atoms with Crippen LogP contribution >= 0.6 is 0 Å². The Kier molecular flexibility index (Phi) is 3.55. The molecule has 1 saturated carbocycles. The van der Waals surface area contributed by atoms with Crippen LogP contribution in [0.15, 0.2) is 6.33 Å². The van der Waals surface area contributed by atoms with Gasteiger partial charge in [-0.05, 0) is 12.8 Å². The standard InChI is InChI=1S/C13H18N6O3/c1-18-12(22)19(7-9(20)16-11-14-8-15-17-11)10(21)13(18)5-3-2-4-6-13/h8H,2-7H2,1H3,(H2,14,15,16,17,20). The van der Waals surface area contributed by atoms with Crippen molar-refractivity contribution in [3.63, 3.8) is 0 Å². The zero-order chi connectivity index (χ0) is 15.7. The predicted octanol–water partition coefficient (Wildman–Crippen LogP) is 0.340. The molecular formula is C13H18N6O3. The number of urea groups is 1. The summed E-state index contributed by atoms with van der Waals surface area (Å²) in [5.41, 5.74) is -0.762. The first-order valence-corrected chi connectivity index (χ1v) is 7.29. The van der Waals surface area contributed by atoms with Crippen LogP contribution in [0.4, 0.5) is 10.7 Å². The maximum atomic E-state index is 12.7. The van der Waals surface area contributed by atoms with Crippen LogP contribution in [-0.2, 0) is 9.59 Å². The molecule has 1 spiro atoms. The van der Waals surface area contributed by atoms with Crippen molar-refractivity contribution in [2.24, 2.45) is 0 Å². The van der Waals surface area contributed by atoms with Gasteiger partial charge < -0.3 is 4.90 Å². The summed E-state index contributed by atoms with van der Waals surface area (Å²) in [5, 5.41) is 8.56. The van der Waals surface area contributed by atoms with Crippen molar-refractivity contribution in [1.82, 2.24) is 25.0 Å². The minimum absolute atomic E-state index is 0.185. The van der Waals surface area contributed by atoms with E-state index in [-0.39, 0.29) is 18.4 Å². The first-order chi connectivity index (χ1) is 10.5. The quantitative estimate of drug-likeness (QED) is 0.782. The van der Waals surface area contributed by atoms with Gasteiger partial charge >= 0.3 is 6.03 Å². The Hall–Kier alpha value is -2.45. The second kappa shape index (κ2) is 5.39. The lowest BCUT2D eigenvalue weighted by Crippen LogP contribution is -2.49. The molecule has 1 saturated heterocycles. The molecule has 1 aliphatic heterocycles. The topological polar surface area (TPSA) is 111 Å². The summed E-state index contributed by atoms with van der Waals surface area (Å²) < 4.78 is 0. The monoisotopic (exact) mass is 306 g/mol. The number of likely N-dealkylation sites (N-methyl/N-ethyl adjacent to an activating group) is 1. The first kappa shape index (κ1) is 14.5. The second-order valence-electron chi connectivity index (χ2n) is 5.71. The Balaban J connectivity index is 1.72. The zero-order valence-corrected chi connectivity index (χ0v) is 12.3. The Morgan fingerprint density at radius 1 is 1.36 bits per heavy atom. The van der Waals surface area contributed by atoms with Crippen molar-refractivity contribution >= 4 is 23.8 Å². The second-order valence-corrected chi connectivity index (χ2v) is 5.71. The summed E-state index contributed by atoms with van der Waals surface area (Å²) in [6.07, 6.45) is 5.49. The third kappa shape index (κ3) is 2.22. The fourth-order valence-corrected chi connectivity index (χ4v) is 3.25. The van der Waals surface area contributed by atoms with Gasteiger partial charge in [0.1, 0.15) is 18.4 Å². The fourth-order valence-electron chi connectivity index (χ4n) is 3.25. The van der Waals surface area contributed by atoms with E-state index < -0.39 is 17.5 Å². The summed E-state index contributed by atoms with van der Waals surface area (Å²) in [6.45, 7) is -0.315. The van der Waals surface area contributed by atoms with Crippen LogP contribution in [0.25, 0.3) is 0 Å². The number of imide groups is 1. The number of amides is 4. The number of rotatable bonds is 3. The van der Waals surface area contributed by atoms with Crippen LogP contribution in [-0.4, -0.2) is 62.0 Å². The largest absolute Gasteiger partial charge is 0.327 e. The maximum Gasteiger partial charge on any atom is 0.327 e. The number of hydrogen-bond donors (Lipinski definition) is 2. The molecule has 1 aromatic heterocycles. The van der Waals surface area contributed by atoms with Gasteiger partial charge in [0, 0.05) is 7.05 Å². The van der Waals surface area contributed by atoms with E-state index in [1.807, 2.05) is 0 Å². The molecule has 2 heterocycles. The van der Waals surface area contributed by atoms with Gasteiger partial charge in [-0.15, -0.1) is 0 Å². The van der Waals surface area contributed by atoms with Crippen LogP contribution in [0.5, 0.6) is 0 Å². The van der Waals surface area contributed by atoms with Crippen LogP contribution in [0.3, 0.4) is 0 Å². The summed E-state index contributed by atoms with van der Waals surface area (Å²) in [5.74, 6) is -0.572. The van der Waals surface area contributed by atoms with Crippen molar-refractivity contribution < 1.29 is 14.4 Å². The fraction of sp³-hybridized carbons (Fsp3) is 0.615. The van der Waals surface area contributed by atoms with Crippen LogP contribution in [0.2, 0.25) is 0 Å². The number of carbonyl (C=O) groups excluding carboxylic acids is 3. The molecule has 2 aliphatic rings. The van der Waals surface area contributed by atoms with Gasteiger partial charge in [-0.1, -0.05) is 19.3 Å². The Bertz CT molecular complexity index is 593. The molecule has 1 aliphatic carbocycles. The number of H-pyrrole nitrogens is 1. The van der Waals surface area contributed by atoms with E-state index in [1.54, 1.807) is 7.05 Å². The zero-order valence-electron chi connectivity index (χ0n) is 12.3. The average molecular weight is 306 g/mol. The smallest absolute Gasteiger partial charge is 0.313 e. The first-order valence-electron chi connectivity index (χ1n) is 7.29. The summed E-state index contributed by atoms with van der Waals surface area (Å²) in [4.78, 5) is 43.3. The molecule has 3 rings (SSSR count). The van der Waals surface area contributed by atoms with Gasteiger partial charge in [-0.25, -0.2) is 9.89 Å². The predicted molar refractivity (Wildman–Crippen MR) is 75.7 cm³/mol. The van der Waals surface area contributed by atoms with Gasteiger partial charge in [0.05, 0.1) is 0 Å². The molecule has 0 radical (unpaired) electrons. The van der Waals surface area contributed by atoms with E-state index in [4.69, 9.17) is 0 Å². The molecule has 0 atom stereocenters. The van der Waals surface area contributed by atoms with Crippen molar-refractivity contribution in [2.45, 2.75) is 37.6 Å². The highest BCUT2D eigenvalue weighted by molar-refractivity contribution is 6.09. The number of aromatic nitrogens is 3. The van der Waals surface area contributed by atoms with E-state index in [0.29, 0.717) is 12.8 Å². The average Bonchev–Trinajstić information content (AvgIpc) is 3.08. The van der Waals surface area contributed by atoms with Crippen LogP contribution < -0.4 is 5.32 Å². The van der Waals surface area contributed by atoms with E-state index in [1.165, 1.54) is 11.2 Å². The number of carbonyl (C=O) groups is 3. The molecule has 4 amide bonds. The molecule has 0 unspecified atom stereocenters. The number of aromatic amines is 1. The van der Waals surface area contributed by atoms with Gasteiger partial charge in [0.25, 0.3) is 5.91 Å². The normalized spacial score (nSPS) is 20.8. The minimum Gasteiger partial charge on any atom is -0.313 e. The van der Waals surface area contributed by atoms with Crippen molar-refractivity contribution in [3.05, 3.63) is 6.33 Å². The van der Waals surface area contributed by atoms with Gasteiger partial charge in [0.15, 0.2) is 0 Å². The lowest BCUT2D eigenvalue weighted by atomic mass is 9.81. The van der Waals surface area contributed by atoms with Crippen LogP contribution in [0.1, 0.15) is 32.1 Å². The lowest BCUT2D eigenvalue weighted by molar-refractivity contribution is -0.136. The van der Waals surface area contributed by atoms with E-state index in [2.05, 4.69) is 20.5 Å². The third-order valence-electron chi connectivity index (χ3n) is 4.46. The van der Waals surface area contributed by atoms with Gasteiger partial charge in [-0.3, -0.25) is 19.8 Å². The number of anilines is 1. The molecule has 2 N–H and O–H groups in total. The maximum absolute atomic E-state index is 12.7. The highest BCUT2D eigenvalue weighted by atomic mass is 16.2. The number of hydrogen-bond acceptors (Lipinski definition) is 5. The van der Waals surface area contributed by atoms with E-state index in [9.17, 15) is 14.4 Å². The summed E-state index contributed by atoms with van der Waals surface area (Å²) in [6, 6.07) is -0.417. The molecule has 0 bridgehead atoms. The highest BCUT2D eigenvalue weighted by Crippen LogP contribution is 2.39. The Labute approximate surface area is 127 Å². The summed E-state index contributed by atoms with van der Waals surface area (Å²) >= 11 is 0. The van der Waals surface area contributed by atoms with Gasteiger partial charge in [0.2, 0.25) is 11.9 Å². The van der Waals surface area contributed by atoms with Gasteiger partial charge in [-0.2, -0.15) is 10.1 Å². The van der Waals surface area contributed by atoms with Crippen molar-refractivity contribution in [1.29, 1.82) is 0 Å². The Morgan fingerprint density at radius 2 is 2.09 bits per heavy atom. The van der Waals surface area contributed by atoms with Crippen molar-refractivity contribution in [2.75, 3.05) is 18.9 Å². The molecule has 9 nitrogen and oxygen atoms in total. The number of nitrogens with zero attached hydrogens (tertiary/aromatic N) is 4. The molecule has 22 heavy (non-hydrogen) atoms. The third-order valence-corrected chi connectivity index (χ3v) is 4.46. The van der Waals surface area contributed by atoms with Crippen molar-refractivity contribution in [3.8, 4) is 0 Å². The molecule has 0 aromatic carbocycles. The number of nitrogens with one attached hydrogen (secondary N) is 2. The molecule has 2 fully saturated rings. The highest BCUT2D eigenvalue weighted by Gasteiger charge is 2.55. The van der Waals surface area contributed by atoms with Crippen LogP contribution in [0, 0.1) is 0 Å². The Morgan fingerprint density at radius 3 is 2.73 bits per heavy atom. The van der Waals surface area contributed by atoms with E-state index >= 15 is 0 Å². The minimum atomic E-state index is -0.762. The summed E-state index contributed by atoms with van der Waals surface area (Å²) in [7, 11) is 1.64. The SMILES string of the molecule is CN1C(=O)N(CC(=O)Nc2ncn[nH]2)C(=O)C12CCCCC2. The molecular weight excluding hydrogens is 288 g/mol.